The van der Waals surface area contributed by atoms with Crippen LogP contribution < -0.4 is 31.9 Å². The molecule has 6 aromatic rings. The third-order valence-electron chi connectivity index (χ3n) is 7.96. The number of fused-ring (bicyclic) bond motifs is 2. The Labute approximate surface area is 287 Å². The van der Waals surface area contributed by atoms with E-state index in [-0.39, 0.29) is 23.6 Å². The van der Waals surface area contributed by atoms with Crippen molar-refractivity contribution in [2.75, 3.05) is 21.3 Å². The van der Waals surface area contributed by atoms with Crippen molar-refractivity contribution in [3.63, 3.8) is 0 Å². The van der Waals surface area contributed by atoms with Gasteiger partial charge in [0.05, 0.1) is 45.0 Å². The van der Waals surface area contributed by atoms with Crippen LogP contribution in [-0.4, -0.2) is 23.6 Å². The van der Waals surface area contributed by atoms with Crippen molar-refractivity contribution in [3.05, 3.63) is 168 Å². The molecule has 0 bridgehead atoms. The largest absolute Gasteiger partial charge is 0.354 e. The van der Waals surface area contributed by atoms with E-state index in [1.807, 2.05) is 121 Å². The predicted octanol–water partition coefficient (Wildman–Crippen LogP) is 8.11. The summed E-state index contributed by atoms with van der Waals surface area (Å²) in [6.07, 6.45) is 0. The number of rotatable bonds is 8. The van der Waals surface area contributed by atoms with Gasteiger partial charge < -0.3 is 21.3 Å². The van der Waals surface area contributed by atoms with Gasteiger partial charge in [-0.2, -0.15) is 0 Å². The minimum Gasteiger partial charge on any atom is -0.354 e. The van der Waals surface area contributed by atoms with Crippen LogP contribution in [0.15, 0.2) is 146 Å². The van der Waals surface area contributed by atoms with Crippen LogP contribution in [0.2, 0.25) is 0 Å². The van der Waals surface area contributed by atoms with Gasteiger partial charge in [-0.05, 0) is 72.8 Å². The first-order valence-corrected chi connectivity index (χ1v) is 15.8. The number of hydrogen-bond acceptors (Lipinski definition) is 8. The Morgan fingerprint density at radius 2 is 0.500 bits per heavy atom. The van der Waals surface area contributed by atoms with Gasteiger partial charge >= 0.3 is 0 Å². The highest BCUT2D eigenvalue weighted by molar-refractivity contribution is 6.23. The molecular weight excluding hydrogens is 628 g/mol. The van der Waals surface area contributed by atoms with Crippen LogP contribution in [0.5, 0.6) is 0 Å². The van der Waals surface area contributed by atoms with Crippen molar-refractivity contribution in [3.8, 4) is 0 Å². The van der Waals surface area contributed by atoms with Gasteiger partial charge in [0, 0.05) is 22.7 Å². The van der Waals surface area contributed by atoms with Crippen LogP contribution in [0.1, 0.15) is 41.4 Å². The molecule has 50 heavy (non-hydrogen) atoms. The fraction of sp³-hybridized carbons (Fsp3) is 0. The average molecular weight is 659 g/mol. The highest BCUT2D eigenvalue weighted by atomic mass is 16.2. The van der Waals surface area contributed by atoms with E-state index in [9.17, 15) is 19.2 Å². The maximum Gasteiger partial charge on any atom is 0.259 e. The number of benzene rings is 6. The molecule has 6 N–H and O–H groups in total. The van der Waals surface area contributed by atoms with Gasteiger partial charge in [-0.15, -0.1) is 0 Å². The number of amides is 4. The molecule has 0 aromatic heterocycles. The van der Waals surface area contributed by atoms with Gasteiger partial charge in [-0.25, -0.2) is 0 Å². The first-order chi connectivity index (χ1) is 24.4. The quantitative estimate of drug-likeness (QED) is 0.0902. The molecule has 0 atom stereocenters. The smallest absolute Gasteiger partial charge is 0.259 e. The molecule has 0 spiro atoms. The second-order valence-corrected chi connectivity index (χ2v) is 11.4. The first-order valence-electron chi connectivity index (χ1n) is 15.8. The van der Waals surface area contributed by atoms with E-state index in [0.29, 0.717) is 22.3 Å². The summed E-state index contributed by atoms with van der Waals surface area (Å²) in [5.41, 5.74) is 7.96. The molecule has 0 unspecified atom stereocenters. The zero-order chi connectivity index (χ0) is 34.5. The Morgan fingerprint density at radius 1 is 0.300 bits per heavy atom. The third-order valence-corrected chi connectivity index (χ3v) is 7.96. The lowest BCUT2D eigenvalue weighted by molar-refractivity contribution is 0.0863. The first kappa shape index (κ1) is 31.4. The molecule has 0 aliphatic carbocycles. The maximum atomic E-state index is 12.0. The highest BCUT2D eigenvalue weighted by Gasteiger charge is 2.29. The minimum atomic E-state index is -0.373. The standard InChI is InChI=1S/2C20H15N3O2/c2*24-19-15-11-17(21-13-7-3-1-4-8-13)18(12-16(15)20(25)23-19)22-14-9-5-2-6-10-14/h2*1-12,21-22H,(H,23,24,25). The Morgan fingerprint density at radius 3 is 0.700 bits per heavy atom. The van der Waals surface area contributed by atoms with E-state index >= 15 is 0 Å². The monoisotopic (exact) mass is 658 g/mol. The molecule has 0 radical (unpaired) electrons. The highest BCUT2D eigenvalue weighted by Crippen LogP contribution is 2.35. The van der Waals surface area contributed by atoms with Gasteiger partial charge in [-0.1, -0.05) is 72.8 Å². The van der Waals surface area contributed by atoms with Crippen molar-refractivity contribution in [2.24, 2.45) is 0 Å². The zero-order valence-corrected chi connectivity index (χ0v) is 26.5. The normalized spacial score (nSPS) is 12.5. The molecule has 10 nitrogen and oxygen atoms in total. The summed E-state index contributed by atoms with van der Waals surface area (Å²) < 4.78 is 0. The molecule has 10 heteroatoms. The zero-order valence-electron chi connectivity index (χ0n) is 26.5. The van der Waals surface area contributed by atoms with E-state index in [1.165, 1.54) is 0 Å². The van der Waals surface area contributed by atoms with E-state index in [0.717, 1.165) is 45.5 Å². The van der Waals surface area contributed by atoms with Gasteiger partial charge in [0.2, 0.25) is 0 Å². The topological polar surface area (TPSA) is 140 Å². The summed E-state index contributed by atoms with van der Waals surface area (Å²) >= 11 is 0. The molecule has 0 saturated heterocycles. The van der Waals surface area contributed by atoms with E-state index in [4.69, 9.17) is 0 Å². The number of hydrogen-bond donors (Lipinski definition) is 6. The Hall–Kier alpha value is -7.20. The molecular formula is C40H30N6O4. The van der Waals surface area contributed by atoms with Gasteiger partial charge in [0.15, 0.2) is 0 Å². The molecule has 2 aliphatic heterocycles. The second-order valence-electron chi connectivity index (χ2n) is 11.4. The lowest BCUT2D eigenvalue weighted by Gasteiger charge is -2.15. The maximum absolute atomic E-state index is 12.0. The fourth-order valence-corrected chi connectivity index (χ4v) is 5.55. The molecule has 244 valence electrons. The minimum absolute atomic E-state index is 0.373. The summed E-state index contributed by atoms with van der Waals surface area (Å²) in [6.45, 7) is 0. The van der Waals surface area contributed by atoms with Crippen molar-refractivity contribution in [1.82, 2.24) is 10.6 Å². The molecule has 6 aromatic carbocycles. The van der Waals surface area contributed by atoms with E-state index in [2.05, 4.69) is 31.9 Å². The van der Waals surface area contributed by atoms with Crippen molar-refractivity contribution in [1.29, 1.82) is 0 Å². The number of imide groups is 2. The molecule has 8 rings (SSSR count). The Balaban J connectivity index is 0.000000157. The fourth-order valence-electron chi connectivity index (χ4n) is 5.55. The van der Waals surface area contributed by atoms with Crippen LogP contribution in [0.25, 0.3) is 0 Å². The molecule has 0 fully saturated rings. The van der Waals surface area contributed by atoms with Crippen LogP contribution in [0.4, 0.5) is 45.5 Å². The number of carbonyl (C=O) groups excluding carboxylic acids is 4. The molecule has 4 amide bonds. The van der Waals surface area contributed by atoms with Gasteiger partial charge in [-0.3, -0.25) is 29.8 Å². The van der Waals surface area contributed by atoms with Crippen LogP contribution in [0.3, 0.4) is 0 Å². The summed E-state index contributed by atoms with van der Waals surface area (Å²) in [6, 6.07) is 45.4. The summed E-state index contributed by atoms with van der Waals surface area (Å²) in [4.78, 5) is 47.9. The lowest BCUT2D eigenvalue weighted by Crippen LogP contribution is -2.19. The average Bonchev–Trinajstić information content (AvgIpc) is 3.57. The molecule has 2 heterocycles. The third kappa shape index (κ3) is 6.90. The molecule has 2 aliphatic rings. The van der Waals surface area contributed by atoms with Crippen molar-refractivity contribution in [2.45, 2.75) is 0 Å². The number of nitrogens with one attached hydrogen (secondary N) is 6. The second kappa shape index (κ2) is 13.9. The van der Waals surface area contributed by atoms with E-state index < -0.39 is 0 Å². The number of para-hydroxylation sites is 4. The Bertz CT molecular complexity index is 1910. The Kier molecular flexibility index (Phi) is 8.72. The lowest BCUT2D eigenvalue weighted by atomic mass is 10.1. The molecule has 0 saturated carbocycles. The van der Waals surface area contributed by atoms with E-state index in [1.54, 1.807) is 24.3 Å². The van der Waals surface area contributed by atoms with Crippen LogP contribution in [-0.2, 0) is 0 Å². The predicted molar refractivity (Wildman–Crippen MR) is 195 cm³/mol. The summed E-state index contributed by atoms with van der Waals surface area (Å²) in [5, 5.41) is 17.9. The van der Waals surface area contributed by atoms with Crippen LogP contribution >= 0.6 is 0 Å². The van der Waals surface area contributed by atoms with Gasteiger partial charge in [0.1, 0.15) is 0 Å². The number of carbonyl (C=O) groups is 4. The van der Waals surface area contributed by atoms with Gasteiger partial charge in [0.25, 0.3) is 23.6 Å². The summed E-state index contributed by atoms with van der Waals surface area (Å²) in [5.74, 6) is -1.49. The van der Waals surface area contributed by atoms with Crippen molar-refractivity contribution < 1.29 is 19.2 Å². The number of anilines is 8. The SMILES string of the molecule is O=C1NC(=O)c2cc(Nc3ccccc3)c(Nc3ccccc3)cc21.O=C1NC(=O)c2cc(Nc3ccccc3)c(Nc3ccccc3)cc21. The van der Waals surface area contributed by atoms with Crippen LogP contribution in [0, 0.1) is 0 Å². The summed E-state index contributed by atoms with van der Waals surface area (Å²) in [7, 11) is 0. The van der Waals surface area contributed by atoms with Crippen molar-refractivity contribution >= 4 is 69.1 Å².